The van der Waals surface area contributed by atoms with Crippen LogP contribution in [0.4, 0.5) is 0 Å². The fourth-order valence-corrected chi connectivity index (χ4v) is 2.89. The van der Waals surface area contributed by atoms with E-state index in [4.69, 9.17) is 0 Å². The van der Waals surface area contributed by atoms with Gasteiger partial charge in [0.2, 0.25) is 0 Å². The zero-order valence-corrected chi connectivity index (χ0v) is 10.1. The minimum absolute atomic E-state index is 0.303. The van der Waals surface area contributed by atoms with Gasteiger partial charge in [-0.05, 0) is 20.3 Å². The second-order valence-electron chi connectivity index (χ2n) is 5.63. The molecule has 3 rings (SSSR count). The van der Waals surface area contributed by atoms with Gasteiger partial charge < -0.3 is 9.88 Å². The van der Waals surface area contributed by atoms with Crippen molar-refractivity contribution in [3.63, 3.8) is 0 Å². The van der Waals surface area contributed by atoms with Gasteiger partial charge in [0.1, 0.15) is 5.82 Å². The zero-order chi connectivity index (χ0) is 11.2. The van der Waals surface area contributed by atoms with Crippen LogP contribution in [0.2, 0.25) is 0 Å². The van der Waals surface area contributed by atoms with Crippen LogP contribution in [0.3, 0.4) is 0 Å². The minimum Gasteiger partial charge on any atom is -0.333 e. The number of imidazole rings is 1. The van der Waals surface area contributed by atoms with Gasteiger partial charge in [-0.3, -0.25) is 4.90 Å². The summed E-state index contributed by atoms with van der Waals surface area (Å²) in [5.74, 6) is 1.22. The molecule has 0 saturated carbocycles. The lowest BCUT2D eigenvalue weighted by atomic mass is 10.0. The molecule has 1 N–H and O–H groups in total. The Morgan fingerprint density at radius 3 is 3.06 bits per heavy atom. The SMILES string of the molecule is CC1(C)CC(N2CCn3ccnc3C2)CN1. The highest BCUT2D eigenvalue weighted by molar-refractivity contribution is 5.00. The number of fused-ring (bicyclic) bond motifs is 1. The van der Waals surface area contributed by atoms with Gasteiger partial charge in [-0.25, -0.2) is 4.98 Å². The van der Waals surface area contributed by atoms with Crippen molar-refractivity contribution >= 4 is 0 Å². The molecule has 0 radical (unpaired) electrons. The molecule has 1 aromatic heterocycles. The first-order valence-corrected chi connectivity index (χ1v) is 6.13. The Kier molecular flexibility index (Phi) is 2.30. The molecule has 0 spiro atoms. The van der Waals surface area contributed by atoms with Crippen molar-refractivity contribution in [2.24, 2.45) is 0 Å². The second-order valence-corrected chi connectivity index (χ2v) is 5.63. The molecule has 2 aliphatic rings. The number of hydrogen-bond acceptors (Lipinski definition) is 3. The molecule has 1 atom stereocenters. The zero-order valence-electron chi connectivity index (χ0n) is 10.1. The summed E-state index contributed by atoms with van der Waals surface area (Å²) in [6.07, 6.45) is 5.24. The molecule has 3 heterocycles. The number of nitrogens with one attached hydrogen (secondary N) is 1. The molecule has 0 bridgehead atoms. The van der Waals surface area contributed by atoms with E-state index in [1.54, 1.807) is 0 Å². The predicted octanol–water partition coefficient (Wildman–Crippen LogP) is 0.839. The average Bonchev–Trinajstić information content (AvgIpc) is 2.82. The number of aromatic nitrogens is 2. The van der Waals surface area contributed by atoms with Crippen LogP contribution in [0.25, 0.3) is 0 Å². The second kappa shape index (κ2) is 3.57. The van der Waals surface area contributed by atoms with Gasteiger partial charge in [0.15, 0.2) is 0 Å². The van der Waals surface area contributed by atoms with Crippen LogP contribution in [-0.2, 0) is 13.1 Å². The van der Waals surface area contributed by atoms with Gasteiger partial charge in [0, 0.05) is 43.6 Å². The Labute approximate surface area is 96.7 Å². The molecule has 1 saturated heterocycles. The highest BCUT2D eigenvalue weighted by Crippen LogP contribution is 2.24. The monoisotopic (exact) mass is 220 g/mol. The third-order valence-electron chi connectivity index (χ3n) is 3.85. The highest BCUT2D eigenvalue weighted by Gasteiger charge is 2.35. The molecular formula is C12H20N4. The normalized spacial score (nSPS) is 29.2. The third-order valence-corrected chi connectivity index (χ3v) is 3.85. The molecule has 2 aliphatic heterocycles. The van der Waals surface area contributed by atoms with E-state index in [2.05, 4.69) is 39.8 Å². The van der Waals surface area contributed by atoms with E-state index in [9.17, 15) is 0 Å². The Balaban J connectivity index is 1.70. The van der Waals surface area contributed by atoms with Gasteiger partial charge in [-0.2, -0.15) is 0 Å². The van der Waals surface area contributed by atoms with E-state index in [0.717, 1.165) is 26.2 Å². The molecule has 0 amide bonds. The predicted molar refractivity (Wildman–Crippen MR) is 63.1 cm³/mol. The average molecular weight is 220 g/mol. The van der Waals surface area contributed by atoms with Crippen molar-refractivity contribution < 1.29 is 0 Å². The van der Waals surface area contributed by atoms with E-state index < -0.39 is 0 Å². The molecule has 88 valence electrons. The molecule has 1 aromatic rings. The summed E-state index contributed by atoms with van der Waals surface area (Å²) >= 11 is 0. The minimum atomic E-state index is 0.303. The van der Waals surface area contributed by atoms with E-state index in [0.29, 0.717) is 11.6 Å². The Morgan fingerprint density at radius 2 is 2.31 bits per heavy atom. The molecule has 4 nitrogen and oxygen atoms in total. The van der Waals surface area contributed by atoms with E-state index in [-0.39, 0.29) is 0 Å². The first-order valence-electron chi connectivity index (χ1n) is 6.13. The summed E-state index contributed by atoms with van der Waals surface area (Å²) in [4.78, 5) is 6.99. The van der Waals surface area contributed by atoms with Crippen LogP contribution in [0.15, 0.2) is 12.4 Å². The van der Waals surface area contributed by atoms with Crippen molar-refractivity contribution in [1.82, 2.24) is 19.8 Å². The van der Waals surface area contributed by atoms with E-state index in [1.807, 2.05) is 6.20 Å². The topological polar surface area (TPSA) is 33.1 Å². The summed E-state index contributed by atoms with van der Waals surface area (Å²) in [7, 11) is 0. The molecule has 4 heteroatoms. The van der Waals surface area contributed by atoms with Crippen LogP contribution >= 0.6 is 0 Å². The molecular weight excluding hydrogens is 200 g/mol. The van der Waals surface area contributed by atoms with Crippen molar-refractivity contribution in [2.45, 2.75) is 44.9 Å². The third kappa shape index (κ3) is 1.76. The number of nitrogens with zero attached hydrogens (tertiary/aromatic N) is 3. The first kappa shape index (κ1) is 10.3. The largest absolute Gasteiger partial charge is 0.333 e. The maximum absolute atomic E-state index is 4.42. The van der Waals surface area contributed by atoms with Gasteiger partial charge >= 0.3 is 0 Å². The standard InChI is InChI=1S/C12H20N4/c1-12(2)7-10(8-14-12)16-6-5-15-4-3-13-11(15)9-16/h3-4,10,14H,5-9H2,1-2H3. The summed E-state index contributed by atoms with van der Waals surface area (Å²) in [6, 6.07) is 0.681. The summed E-state index contributed by atoms with van der Waals surface area (Å²) < 4.78 is 2.27. The van der Waals surface area contributed by atoms with Crippen LogP contribution in [0.5, 0.6) is 0 Å². The maximum atomic E-state index is 4.42. The lowest BCUT2D eigenvalue weighted by Gasteiger charge is -2.32. The highest BCUT2D eigenvalue weighted by atomic mass is 15.3. The molecule has 1 fully saturated rings. The summed E-state index contributed by atoms with van der Waals surface area (Å²) in [5, 5.41) is 3.59. The van der Waals surface area contributed by atoms with Gasteiger partial charge in [-0.15, -0.1) is 0 Å². The van der Waals surface area contributed by atoms with Gasteiger partial charge in [-0.1, -0.05) is 0 Å². The fourth-order valence-electron chi connectivity index (χ4n) is 2.89. The van der Waals surface area contributed by atoms with Crippen molar-refractivity contribution in [1.29, 1.82) is 0 Å². The molecule has 0 aliphatic carbocycles. The Hall–Kier alpha value is -0.870. The van der Waals surface area contributed by atoms with Crippen LogP contribution in [-0.4, -0.2) is 39.1 Å². The van der Waals surface area contributed by atoms with Crippen LogP contribution < -0.4 is 5.32 Å². The summed E-state index contributed by atoms with van der Waals surface area (Å²) in [5.41, 5.74) is 0.303. The smallest absolute Gasteiger partial charge is 0.122 e. The van der Waals surface area contributed by atoms with E-state index in [1.165, 1.54) is 12.2 Å². The van der Waals surface area contributed by atoms with Gasteiger partial charge in [0.05, 0.1) is 6.54 Å². The lowest BCUT2D eigenvalue weighted by Crippen LogP contribution is -2.42. The Bertz CT molecular complexity index is 382. The van der Waals surface area contributed by atoms with Crippen LogP contribution in [0.1, 0.15) is 26.1 Å². The van der Waals surface area contributed by atoms with E-state index >= 15 is 0 Å². The first-order chi connectivity index (χ1) is 7.64. The lowest BCUT2D eigenvalue weighted by molar-refractivity contribution is 0.158. The van der Waals surface area contributed by atoms with Gasteiger partial charge in [0.25, 0.3) is 0 Å². The fraction of sp³-hybridized carbons (Fsp3) is 0.750. The van der Waals surface area contributed by atoms with Crippen LogP contribution in [0, 0.1) is 0 Å². The Morgan fingerprint density at radius 1 is 1.44 bits per heavy atom. The molecule has 0 aromatic carbocycles. The quantitative estimate of drug-likeness (QED) is 0.761. The number of rotatable bonds is 1. The number of hydrogen-bond donors (Lipinski definition) is 1. The van der Waals surface area contributed by atoms with Crippen molar-refractivity contribution in [3.05, 3.63) is 18.2 Å². The maximum Gasteiger partial charge on any atom is 0.122 e. The van der Waals surface area contributed by atoms with Crippen molar-refractivity contribution in [2.75, 3.05) is 13.1 Å². The summed E-state index contributed by atoms with van der Waals surface area (Å²) in [6.45, 7) is 8.96. The van der Waals surface area contributed by atoms with Crippen molar-refractivity contribution in [3.8, 4) is 0 Å². The molecule has 1 unspecified atom stereocenters. The molecule has 16 heavy (non-hydrogen) atoms.